The molecular formula is C5H7O3PS. The van der Waals surface area contributed by atoms with Gasteiger partial charge in [0.1, 0.15) is 0 Å². The Morgan fingerprint density at radius 1 is 1.50 bits per heavy atom. The molecule has 1 aromatic rings. The first-order chi connectivity index (χ1) is 4.52. The van der Waals surface area contributed by atoms with Crippen LogP contribution in [0, 0.1) is 6.92 Å². The second-order valence-corrected chi connectivity index (χ2v) is 4.30. The Balaban J connectivity index is 3.18. The van der Waals surface area contributed by atoms with Gasteiger partial charge in [-0.15, -0.1) is 0 Å². The fraction of sp³-hybridized carbons (Fsp3) is 0.200. The van der Waals surface area contributed by atoms with E-state index in [-0.39, 0.29) is 5.30 Å². The summed E-state index contributed by atoms with van der Waals surface area (Å²) < 4.78 is 10.6. The van der Waals surface area contributed by atoms with Gasteiger partial charge in [-0.1, -0.05) is 0 Å². The van der Waals surface area contributed by atoms with Crippen LogP contribution in [0.4, 0.5) is 0 Å². The molecule has 1 rings (SSSR count). The van der Waals surface area contributed by atoms with E-state index in [1.165, 1.54) is 16.7 Å². The second kappa shape index (κ2) is 2.47. The average molecular weight is 178 g/mol. The van der Waals surface area contributed by atoms with Gasteiger partial charge in [0, 0.05) is 5.38 Å². The lowest BCUT2D eigenvalue weighted by molar-refractivity contribution is 0.387. The van der Waals surface area contributed by atoms with Gasteiger partial charge in [-0.2, -0.15) is 11.3 Å². The standard InChI is InChI=1S/C5H7O3PS/c1-4-2-10-3-5(4)9(6,7)8/h2-3H,1H3,(H2,6,7,8). The third kappa shape index (κ3) is 1.47. The maximum atomic E-state index is 10.6. The topological polar surface area (TPSA) is 57.5 Å². The molecule has 0 bridgehead atoms. The van der Waals surface area contributed by atoms with Crippen molar-refractivity contribution in [2.24, 2.45) is 0 Å². The van der Waals surface area contributed by atoms with E-state index in [2.05, 4.69) is 0 Å². The lowest BCUT2D eigenvalue weighted by Gasteiger charge is -2.00. The normalized spacial score (nSPS) is 11.9. The lowest BCUT2D eigenvalue weighted by Crippen LogP contribution is -2.02. The van der Waals surface area contributed by atoms with E-state index in [0.29, 0.717) is 5.56 Å². The fourth-order valence-electron chi connectivity index (χ4n) is 0.652. The Morgan fingerprint density at radius 3 is 2.30 bits per heavy atom. The number of hydrogen-bond donors (Lipinski definition) is 2. The third-order valence-corrected chi connectivity index (χ3v) is 3.29. The molecule has 0 aromatic carbocycles. The Morgan fingerprint density at radius 2 is 2.10 bits per heavy atom. The van der Waals surface area contributed by atoms with Crippen molar-refractivity contribution in [2.75, 3.05) is 0 Å². The van der Waals surface area contributed by atoms with Crippen LogP contribution in [0.5, 0.6) is 0 Å². The molecule has 10 heavy (non-hydrogen) atoms. The van der Waals surface area contributed by atoms with Crippen molar-refractivity contribution in [1.82, 2.24) is 0 Å². The Kier molecular flexibility index (Phi) is 1.97. The van der Waals surface area contributed by atoms with Crippen LogP contribution in [0.25, 0.3) is 0 Å². The van der Waals surface area contributed by atoms with Crippen molar-refractivity contribution in [3.8, 4) is 0 Å². The largest absolute Gasteiger partial charge is 0.357 e. The minimum Gasteiger partial charge on any atom is -0.321 e. The molecule has 1 aromatic heterocycles. The molecule has 0 aliphatic carbocycles. The van der Waals surface area contributed by atoms with E-state index in [9.17, 15) is 4.57 Å². The van der Waals surface area contributed by atoms with Crippen molar-refractivity contribution in [3.63, 3.8) is 0 Å². The van der Waals surface area contributed by atoms with Gasteiger partial charge in [0.15, 0.2) is 0 Å². The molecule has 0 spiro atoms. The van der Waals surface area contributed by atoms with E-state index in [1.807, 2.05) is 0 Å². The summed E-state index contributed by atoms with van der Waals surface area (Å²) in [5, 5.41) is 3.35. The molecule has 3 nitrogen and oxygen atoms in total. The summed E-state index contributed by atoms with van der Waals surface area (Å²) in [6.45, 7) is 1.69. The highest BCUT2D eigenvalue weighted by molar-refractivity contribution is 7.60. The summed E-state index contributed by atoms with van der Waals surface area (Å²) in [5.41, 5.74) is 0.665. The van der Waals surface area contributed by atoms with Crippen LogP contribution in [-0.4, -0.2) is 9.79 Å². The highest BCUT2D eigenvalue weighted by Gasteiger charge is 2.19. The minimum atomic E-state index is -4.00. The van der Waals surface area contributed by atoms with Crippen molar-refractivity contribution in [1.29, 1.82) is 0 Å². The predicted octanol–water partition coefficient (Wildman–Crippen LogP) is 0.860. The van der Waals surface area contributed by atoms with Crippen LogP contribution < -0.4 is 5.30 Å². The molecule has 5 heteroatoms. The highest BCUT2D eigenvalue weighted by atomic mass is 32.1. The SMILES string of the molecule is Cc1cscc1P(=O)(O)O. The Labute approximate surface area is 62.5 Å². The van der Waals surface area contributed by atoms with Crippen molar-refractivity contribution in [2.45, 2.75) is 6.92 Å². The van der Waals surface area contributed by atoms with Gasteiger partial charge in [-0.05, 0) is 17.9 Å². The second-order valence-electron chi connectivity index (χ2n) is 1.98. The van der Waals surface area contributed by atoms with Gasteiger partial charge in [0.05, 0.1) is 5.30 Å². The van der Waals surface area contributed by atoms with E-state index >= 15 is 0 Å². The van der Waals surface area contributed by atoms with Gasteiger partial charge in [0.2, 0.25) is 0 Å². The van der Waals surface area contributed by atoms with Crippen molar-refractivity contribution >= 4 is 24.2 Å². The van der Waals surface area contributed by atoms with E-state index in [1.54, 1.807) is 12.3 Å². The monoisotopic (exact) mass is 178 g/mol. The molecule has 0 fully saturated rings. The first-order valence-corrected chi connectivity index (χ1v) is 5.16. The van der Waals surface area contributed by atoms with Crippen molar-refractivity contribution in [3.05, 3.63) is 16.3 Å². The van der Waals surface area contributed by atoms with Crippen LogP contribution in [0.2, 0.25) is 0 Å². The maximum Gasteiger partial charge on any atom is 0.357 e. The molecule has 56 valence electrons. The first kappa shape index (κ1) is 7.95. The molecule has 0 saturated heterocycles. The third-order valence-electron chi connectivity index (χ3n) is 1.14. The Hall–Kier alpha value is -0.150. The molecule has 2 N–H and O–H groups in total. The molecule has 0 atom stereocenters. The summed E-state index contributed by atoms with van der Waals surface area (Å²) in [4.78, 5) is 17.4. The van der Waals surface area contributed by atoms with Gasteiger partial charge < -0.3 is 9.79 Å². The Bertz CT molecular complexity index is 274. The van der Waals surface area contributed by atoms with Crippen molar-refractivity contribution < 1.29 is 14.4 Å². The molecule has 0 unspecified atom stereocenters. The molecule has 0 radical (unpaired) electrons. The lowest BCUT2D eigenvalue weighted by atomic mass is 10.4. The fourth-order valence-corrected chi connectivity index (χ4v) is 2.71. The van der Waals surface area contributed by atoms with Crippen LogP contribution in [-0.2, 0) is 4.57 Å². The molecule has 0 aliphatic rings. The summed E-state index contributed by atoms with van der Waals surface area (Å²) in [5.74, 6) is 0. The molecule has 0 amide bonds. The minimum absolute atomic E-state index is 0.150. The van der Waals surface area contributed by atoms with E-state index < -0.39 is 7.60 Å². The zero-order valence-electron chi connectivity index (χ0n) is 5.31. The smallest absolute Gasteiger partial charge is 0.321 e. The zero-order valence-corrected chi connectivity index (χ0v) is 7.02. The van der Waals surface area contributed by atoms with Crippen LogP contribution in [0.1, 0.15) is 5.56 Å². The van der Waals surface area contributed by atoms with Crippen LogP contribution in [0.15, 0.2) is 10.8 Å². The van der Waals surface area contributed by atoms with Crippen LogP contribution >= 0.6 is 18.9 Å². The first-order valence-electron chi connectivity index (χ1n) is 2.60. The summed E-state index contributed by atoms with van der Waals surface area (Å²) >= 11 is 1.30. The predicted molar refractivity (Wildman–Crippen MR) is 40.7 cm³/mol. The van der Waals surface area contributed by atoms with Gasteiger partial charge >= 0.3 is 7.60 Å². The van der Waals surface area contributed by atoms with Gasteiger partial charge in [-0.25, -0.2) is 0 Å². The maximum absolute atomic E-state index is 10.6. The van der Waals surface area contributed by atoms with E-state index in [4.69, 9.17) is 9.79 Å². The number of hydrogen-bond acceptors (Lipinski definition) is 2. The molecule has 1 heterocycles. The van der Waals surface area contributed by atoms with E-state index in [0.717, 1.165) is 0 Å². The number of rotatable bonds is 1. The molecular weight excluding hydrogens is 171 g/mol. The quantitative estimate of drug-likeness (QED) is 0.627. The summed E-state index contributed by atoms with van der Waals surface area (Å²) in [6, 6.07) is 0. The van der Waals surface area contributed by atoms with Crippen LogP contribution in [0.3, 0.4) is 0 Å². The zero-order chi connectivity index (χ0) is 7.78. The van der Waals surface area contributed by atoms with Gasteiger partial charge in [0.25, 0.3) is 0 Å². The number of thiophene rings is 1. The number of aryl methyl sites for hydroxylation is 1. The van der Waals surface area contributed by atoms with Gasteiger partial charge in [-0.3, -0.25) is 4.57 Å². The average Bonchev–Trinajstić information content (AvgIpc) is 2.11. The summed E-state index contributed by atoms with van der Waals surface area (Å²) in [6.07, 6.45) is 0. The molecule has 0 aliphatic heterocycles. The molecule has 0 saturated carbocycles. The summed E-state index contributed by atoms with van der Waals surface area (Å²) in [7, 11) is -4.00. The highest BCUT2D eigenvalue weighted by Crippen LogP contribution is 2.35.